The molecule has 1 aliphatic rings. The van der Waals surface area contributed by atoms with Gasteiger partial charge in [-0.05, 0) is 0 Å². The molecule has 0 spiro atoms. The van der Waals surface area contributed by atoms with Crippen LogP contribution in [0.2, 0.25) is 4.44 Å². The zero-order valence-corrected chi connectivity index (χ0v) is 10.8. The predicted octanol–water partition coefficient (Wildman–Crippen LogP) is 2.20. The van der Waals surface area contributed by atoms with E-state index in [0.29, 0.717) is 17.5 Å². The maximum absolute atomic E-state index is 10.9. The van der Waals surface area contributed by atoms with Gasteiger partial charge in [-0.2, -0.15) is 0 Å². The van der Waals surface area contributed by atoms with Gasteiger partial charge in [0.05, 0.1) is 0 Å². The van der Waals surface area contributed by atoms with Crippen molar-refractivity contribution in [2.75, 3.05) is 6.61 Å². The summed E-state index contributed by atoms with van der Waals surface area (Å²) in [7, 11) is 17.1. The first-order valence-corrected chi connectivity index (χ1v) is 16.1. The maximum atomic E-state index is 10.9. The van der Waals surface area contributed by atoms with Crippen LogP contribution in [-0.2, 0) is 9.53 Å². The van der Waals surface area contributed by atoms with Crippen LogP contribution in [0, 0.1) is 5.92 Å². The van der Waals surface area contributed by atoms with Gasteiger partial charge in [0.15, 0.2) is 0 Å². The number of carbonyl (C=O) groups excluding carboxylic acids is 1. The third-order valence-corrected chi connectivity index (χ3v) is 7.35. The van der Waals surface area contributed by atoms with Crippen LogP contribution in [0.25, 0.3) is 0 Å². The summed E-state index contributed by atoms with van der Waals surface area (Å²) in [6.07, 6.45) is 0.712. The van der Waals surface area contributed by atoms with Crippen LogP contribution in [0.1, 0.15) is 6.42 Å². The summed E-state index contributed by atoms with van der Waals surface area (Å²) in [6, 6.07) is 0. The SMILES string of the molecule is O=C1OCCC1[CH2][Sn]([Cl])([Cl])[Cl]. The molecule has 0 amide bonds. The van der Waals surface area contributed by atoms with Crippen molar-refractivity contribution in [3.63, 3.8) is 0 Å². The Morgan fingerprint density at radius 1 is 1.55 bits per heavy atom. The number of esters is 1. The summed E-state index contributed by atoms with van der Waals surface area (Å²) in [6.45, 7) is 0.482. The van der Waals surface area contributed by atoms with Gasteiger partial charge < -0.3 is 0 Å². The Labute approximate surface area is 80.2 Å². The van der Waals surface area contributed by atoms with Crippen LogP contribution in [0.4, 0.5) is 0 Å². The monoisotopic (exact) mass is 324 g/mol. The second kappa shape index (κ2) is 3.90. The zero-order chi connectivity index (χ0) is 8.48. The molecule has 1 heterocycles. The van der Waals surface area contributed by atoms with Crippen molar-refractivity contribution < 1.29 is 9.53 Å². The Kier molecular flexibility index (Phi) is 3.62. The van der Waals surface area contributed by atoms with Gasteiger partial charge in [-0.25, -0.2) is 0 Å². The van der Waals surface area contributed by atoms with E-state index in [2.05, 4.69) is 0 Å². The second-order valence-corrected chi connectivity index (χ2v) is 24.0. The molecule has 0 aromatic carbocycles. The van der Waals surface area contributed by atoms with Crippen molar-refractivity contribution in [1.82, 2.24) is 0 Å². The molecule has 1 aliphatic heterocycles. The molecular weight excluding hydrogens is 317 g/mol. The van der Waals surface area contributed by atoms with Gasteiger partial charge in [0.1, 0.15) is 0 Å². The van der Waals surface area contributed by atoms with Gasteiger partial charge in [-0.15, -0.1) is 0 Å². The van der Waals surface area contributed by atoms with Crippen molar-refractivity contribution in [2.45, 2.75) is 10.9 Å². The van der Waals surface area contributed by atoms with E-state index in [4.69, 9.17) is 31.5 Å². The van der Waals surface area contributed by atoms with E-state index in [1.165, 1.54) is 0 Å². The third kappa shape index (κ3) is 3.57. The normalized spacial score (nSPS) is 25.4. The first-order valence-electron chi connectivity index (χ1n) is 3.22. The fraction of sp³-hybridized carbons (Fsp3) is 0.800. The van der Waals surface area contributed by atoms with Crippen molar-refractivity contribution in [3.05, 3.63) is 0 Å². The first-order chi connectivity index (χ1) is 4.99. The Morgan fingerprint density at radius 3 is 2.55 bits per heavy atom. The number of cyclic esters (lactones) is 1. The molecule has 0 bridgehead atoms. The molecule has 1 fully saturated rings. The van der Waals surface area contributed by atoms with Crippen LogP contribution in [0.5, 0.6) is 0 Å². The molecule has 6 heteroatoms. The summed E-state index contributed by atoms with van der Waals surface area (Å²) in [5.74, 6) is -0.341. The molecule has 0 N–H and O–H groups in total. The average molecular weight is 324 g/mol. The van der Waals surface area contributed by atoms with Crippen LogP contribution in [0.15, 0.2) is 0 Å². The number of hydrogen-bond donors (Lipinski definition) is 0. The number of halogens is 3. The van der Waals surface area contributed by atoms with Crippen LogP contribution in [-0.4, -0.2) is 27.6 Å². The van der Waals surface area contributed by atoms with Gasteiger partial charge in [0.25, 0.3) is 0 Å². The van der Waals surface area contributed by atoms with Crippen molar-refractivity contribution >= 4 is 47.7 Å². The van der Waals surface area contributed by atoms with Crippen LogP contribution in [0.3, 0.4) is 0 Å². The van der Waals surface area contributed by atoms with Crippen LogP contribution >= 0.6 is 26.8 Å². The molecule has 64 valence electrons. The van der Waals surface area contributed by atoms with Crippen molar-refractivity contribution in [1.29, 1.82) is 0 Å². The van der Waals surface area contributed by atoms with E-state index >= 15 is 0 Å². The van der Waals surface area contributed by atoms with E-state index < -0.39 is 15.0 Å². The molecule has 1 atom stereocenters. The number of rotatable bonds is 2. The predicted molar refractivity (Wildman–Crippen MR) is 47.2 cm³/mol. The molecule has 1 saturated heterocycles. The standard InChI is InChI=1S/C5H7O2.3ClH.Sn/c1-4-2-3-7-5(4)6;;;;/h4H,1-3H2;3*1H;/q;;;;+3/p-3. The minimum absolute atomic E-state index is 0.140. The molecule has 0 radical (unpaired) electrons. The quantitative estimate of drug-likeness (QED) is 0.575. The van der Waals surface area contributed by atoms with Crippen molar-refractivity contribution in [2.24, 2.45) is 5.92 Å². The molecule has 0 aromatic heterocycles. The van der Waals surface area contributed by atoms with Gasteiger partial charge in [-0.1, -0.05) is 0 Å². The molecule has 0 aliphatic carbocycles. The molecule has 0 aromatic rings. The second-order valence-electron chi connectivity index (χ2n) is 2.47. The van der Waals surface area contributed by atoms with E-state index in [1.807, 2.05) is 0 Å². The van der Waals surface area contributed by atoms with E-state index in [-0.39, 0.29) is 11.9 Å². The fourth-order valence-corrected chi connectivity index (χ4v) is 7.40. The fourth-order valence-electron chi connectivity index (χ4n) is 1.00. The summed E-state index contributed by atoms with van der Waals surface area (Å²) in [4.78, 5) is 10.9. The third-order valence-electron chi connectivity index (χ3n) is 1.52. The van der Waals surface area contributed by atoms with Gasteiger partial charge >= 0.3 is 80.6 Å². The molecule has 1 unspecified atom stereocenters. The van der Waals surface area contributed by atoms with Gasteiger partial charge in [0, 0.05) is 0 Å². The summed E-state index contributed by atoms with van der Waals surface area (Å²) in [5, 5.41) is 0. The Morgan fingerprint density at radius 2 is 2.18 bits per heavy atom. The van der Waals surface area contributed by atoms with Crippen molar-refractivity contribution in [3.8, 4) is 0 Å². The van der Waals surface area contributed by atoms with Gasteiger partial charge in [-0.3, -0.25) is 0 Å². The van der Waals surface area contributed by atoms with E-state index in [1.54, 1.807) is 0 Å². The first kappa shape index (κ1) is 10.2. The van der Waals surface area contributed by atoms with Gasteiger partial charge in [0.2, 0.25) is 0 Å². The Hall–Kier alpha value is 1.14. The Bertz CT molecular complexity index is 168. The zero-order valence-electron chi connectivity index (χ0n) is 5.65. The van der Waals surface area contributed by atoms with E-state index in [0.717, 1.165) is 0 Å². The Balaban J connectivity index is 2.43. The molecular formula is C5H7Cl3O2Sn. The van der Waals surface area contributed by atoms with Crippen LogP contribution < -0.4 is 0 Å². The van der Waals surface area contributed by atoms with E-state index in [9.17, 15) is 4.79 Å². The number of carbonyl (C=O) groups is 1. The molecule has 1 rings (SSSR count). The minimum atomic E-state index is -3.32. The summed E-state index contributed by atoms with van der Waals surface area (Å²) >= 11 is -3.32. The molecule has 11 heavy (non-hydrogen) atoms. The average Bonchev–Trinajstić information content (AvgIpc) is 2.12. The topological polar surface area (TPSA) is 26.3 Å². The summed E-state index contributed by atoms with van der Waals surface area (Å²) in [5.41, 5.74) is 0. The summed E-state index contributed by atoms with van der Waals surface area (Å²) < 4.78 is 5.19. The number of hydrogen-bond acceptors (Lipinski definition) is 2. The number of ether oxygens (including phenoxy) is 1. The molecule has 2 nitrogen and oxygen atoms in total. The molecule has 0 saturated carbocycles.